The van der Waals surface area contributed by atoms with Gasteiger partial charge in [-0.15, -0.1) is 0 Å². The lowest BCUT2D eigenvalue weighted by Crippen LogP contribution is -2.52. The minimum Gasteiger partial charge on any atom is -0.466 e. The van der Waals surface area contributed by atoms with Gasteiger partial charge in [-0.05, 0) is 6.92 Å². The fourth-order valence-corrected chi connectivity index (χ4v) is 2.95. The number of carboxylic acid groups (broad SMARTS) is 1. The van der Waals surface area contributed by atoms with Gasteiger partial charge >= 0.3 is 12.1 Å². The normalized spacial score (nSPS) is 26.8. The standard InChI is InChI=1S/C16H19NO4/c1-12-8-9-14(10-15(18)21-2)17(12,16(19)20)11-13-6-4-3-5-7-13/h3-7,10,12H,8-9,11H2,1-2H3/p+1/t12-,17?/m1/s1. The molecule has 1 unspecified atom stereocenters. The first kappa shape index (κ1) is 15.3. The highest BCUT2D eigenvalue weighted by Crippen LogP contribution is 2.38. The van der Waals surface area contributed by atoms with Crippen molar-refractivity contribution >= 4 is 12.1 Å². The molecule has 1 aliphatic heterocycles. The summed E-state index contributed by atoms with van der Waals surface area (Å²) in [7, 11) is 1.30. The molecule has 1 fully saturated rings. The molecule has 5 heteroatoms. The van der Waals surface area contributed by atoms with Crippen LogP contribution in [0.2, 0.25) is 0 Å². The van der Waals surface area contributed by atoms with E-state index in [1.54, 1.807) is 0 Å². The molecule has 0 spiro atoms. The highest BCUT2D eigenvalue weighted by atomic mass is 16.5. The van der Waals surface area contributed by atoms with Crippen molar-refractivity contribution in [2.45, 2.75) is 32.4 Å². The summed E-state index contributed by atoms with van der Waals surface area (Å²) in [5.74, 6) is -0.504. The summed E-state index contributed by atoms with van der Waals surface area (Å²) in [5, 5.41) is 9.83. The zero-order valence-electron chi connectivity index (χ0n) is 12.3. The quantitative estimate of drug-likeness (QED) is 0.528. The summed E-state index contributed by atoms with van der Waals surface area (Å²) in [6.45, 7) is 2.25. The summed E-state index contributed by atoms with van der Waals surface area (Å²) in [4.78, 5) is 23.5. The van der Waals surface area contributed by atoms with Crippen LogP contribution in [0.5, 0.6) is 0 Å². The molecule has 1 amide bonds. The minimum atomic E-state index is -0.931. The van der Waals surface area contributed by atoms with Gasteiger partial charge in [0.15, 0.2) is 0 Å². The predicted molar refractivity (Wildman–Crippen MR) is 77.2 cm³/mol. The van der Waals surface area contributed by atoms with Gasteiger partial charge in [0.1, 0.15) is 18.3 Å². The van der Waals surface area contributed by atoms with E-state index in [2.05, 4.69) is 4.74 Å². The number of carbonyl (C=O) groups is 2. The molecule has 2 rings (SSSR count). The Labute approximate surface area is 124 Å². The monoisotopic (exact) mass is 290 g/mol. The lowest BCUT2D eigenvalue weighted by molar-refractivity contribution is -0.847. The summed E-state index contributed by atoms with van der Waals surface area (Å²) in [6.07, 6.45) is 1.73. The van der Waals surface area contributed by atoms with Crippen LogP contribution in [-0.4, -0.2) is 34.8 Å². The number of esters is 1. The fourth-order valence-electron chi connectivity index (χ4n) is 2.95. The maximum Gasteiger partial charge on any atom is 0.519 e. The Morgan fingerprint density at radius 3 is 2.62 bits per heavy atom. The van der Waals surface area contributed by atoms with Crippen LogP contribution in [0.1, 0.15) is 25.3 Å². The first-order valence-electron chi connectivity index (χ1n) is 6.95. The van der Waals surface area contributed by atoms with Crippen molar-refractivity contribution in [2.75, 3.05) is 7.11 Å². The number of carbonyl (C=O) groups excluding carboxylic acids is 1. The number of hydrogen-bond donors (Lipinski definition) is 1. The first-order chi connectivity index (χ1) is 10.0. The molecule has 1 heterocycles. The molecule has 0 radical (unpaired) electrons. The Morgan fingerprint density at radius 2 is 2.05 bits per heavy atom. The van der Waals surface area contributed by atoms with E-state index in [-0.39, 0.29) is 10.5 Å². The van der Waals surface area contributed by atoms with Crippen LogP contribution in [-0.2, 0) is 16.1 Å². The van der Waals surface area contributed by atoms with Gasteiger partial charge in [-0.2, -0.15) is 9.28 Å². The van der Waals surface area contributed by atoms with Gasteiger partial charge < -0.3 is 9.84 Å². The maximum absolute atomic E-state index is 12.0. The van der Waals surface area contributed by atoms with Crippen LogP contribution in [0.25, 0.3) is 0 Å². The van der Waals surface area contributed by atoms with Crippen LogP contribution in [0, 0.1) is 0 Å². The molecule has 0 aliphatic carbocycles. The van der Waals surface area contributed by atoms with Gasteiger partial charge in [-0.25, -0.2) is 4.79 Å². The Morgan fingerprint density at radius 1 is 1.38 bits per heavy atom. The number of ether oxygens (including phenoxy) is 1. The van der Waals surface area contributed by atoms with Crippen molar-refractivity contribution in [1.29, 1.82) is 0 Å². The molecule has 2 atom stereocenters. The van der Waals surface area contributed by atoms with E-state index in [1.807, 2.05) is 37.3 Å². The average molecular weight is 290 g/mol. The van der Waals surface area contributed by atoms with E-state index in [9.17, 15) is 14.7 Å². The molecule has 1 aromatic carbocycles. The Kier molecular flexibility index (Phi) is 4.43. The maximum atomic E-state index is 12.0. The second kappa shape index (κ2) is 6.10. The third-order valence-electron chi connectivity index (χ3n) is 4.19. The average Bonchev–Trinajstić information content (AvgIpc) is 2.78. The molecule has 0 aromatic heterocycles. The van der Waals surface area contributed by atoms with Crippen molar-refractivity contribution in [1.82, 2.24) is 0 Å². The van der Waals surface area contributed by atoms with Gasteiger partial charge in [0.05, 0.1) is 13.2 Å². The number of amides is 1. The first-order valence-corrected chi connectivity index (χ1v) is 6.95. The second-order valence-electron chi connectivity index (χ2n) is 5.34. The number of allylic oxidation sites excluding steroid dienone is 1. The second-order valence-corrected chi connectivity index (χ2v) is 5.34. The Bertz CT molecular complexity index is 567. The number of hydrogen-bond acceptors (Lipinski definition) is 3. The van der Waals surface area contributed by atoms with E-state index < -0.39 is 12.1 Å². The molecule has 5 nitrogen and oxygen atoms in total. The molecule has 21 heavy (non-hydrogen) atoms. The number of rotatable bonds is 3. The van der Waals surface area contributed by atoms with Gasteiger partial charge in [0.2, 0.25) is 0 Å². The molecule has 1 aromatic rings. The highest BCUT2D eigenvalue weighted by Gasteiger charge is 2.51. The topological polar surface area (TPSA) is 63.6 Å². The van der Waals surface area contributed by atoms with Crippen LogP contribution in [0.3, 0.4) is 0 Å². The van der Waals surface area contributed by atoms with Gasteiger partial charge in [-0.1, -0.05) is 30.3 Å². The van der Waals surface area contributed by atoms with E-state index >= 15 is 0 Å². The van der Waals surface area contributed by atoms with Crippen molar-refractivity contribution in [3.05, 3.63) is 47.7 Å². The molecule has 1 N–H and O–H groups in total. The van der Waals surface area contributed by atoms with Crippen molar-refractivity contribution < 1.29 is 23.9 Å². The van der Waals surface area contributed by atoms with Gasteiger partial charge in [0.25, 0.3) is 0 Å². The molecule has 112 valence electrons. The number of methoxy groups -OCH3 is 1. The summed E-state index contributed by atoms with van der Waals surface area (Å²) < 4.78 is 4.43. The largest absolute Gasteiger partial charge is 0.519 e. The Balaban J connectivity index is 2.45. The van der Waals surface area contributed by atoms with Gasteiger partial charge in [0, 0.05) is 18.4 Å². The lowest BCUT2D eigenvalue weighted by atomic mass is 10.1. The van der Waals surface area contributed by atoms with Crippen molar-refractivity contribution in [2.24, 2.45) is 0 Å². The van der Waals surface area contributed by atoms with Gasteiger partial charge in [-0.3, -0.25) is 0 Å². The third-order valence-corrected chi connectivity index (χ3v) is 4.19. The molecule has 0 saturated carbocycles. The van der Waals surface area contributed by atoms with E-state index in [0.717, 1.165) is 12.0 Å². The van der Waals surface area contributed by atoms with Crippen LogP contribution >= 0.6 is 0 Å². The fraction of sp³-hybridized carbons (Fsp3) is 0.375. The van der Waals surface area contributed by atoms with E-state index in [4.69, 9.17) is 0 Å². The molecule has 1 saturated heterocycles. The number of likely N-dealkylation sites (tertiary alicyclic amines) is 1. The smallest absolute Gasteiger partial charge is 0.466 e. The number of quaternary nitrogens is 1. The predicted octanol–water partition coefficient (Wildman–Crippen LogP) is 2.92. The number of nitrogens with zero attached hydrogens (tertiary/aromatic N) is 1. The molecule has 1 aliphatic rings. The van der Waals surface area contributed by atoms with E-state index in [1.165, 1.54) is 13.2 Å². The minimum absolute atomic E-state index is 0.0846. The summed E-state index contributed by atoms with van der Waals surface area (Å²) in [6, 6.07) is 9.40. The lowest BCUT2D eigenvalue weighted by Gasteiger charge is -2.33. The summed E-state index contributed by atoms with van der Waals surface area (Å²) in [5.41, 5.74) is 1.54. The van der Waals surface area contributed by atoms with Crippen molar-refractivity contribution in [3.63, 3.8) is 0 Å². The zero-order valence-corrected chi connectivity index (χ0v) is 12.3. The highest BCUT2D eigenvalue weighted by molar-refractivity contribution is 5.82. The summed E-state index contributed by atoms with van der Waals surface area (Å²) >= 11 is 0. The Hall–Kier alpha value is -2.14. The SMILES string of the molecule is COC(=O)C=C1CC[C@@H](C)[N+]1(Cc1ccccc1)C(=O)O. The van der Waals surface area contributed by atoms with E-state index in [0.29, 0.717) is 18.7 Å². The van der Waals surface area contributed by atoms with Crippen LogP contribution in [0.15, 0.2) is 42.1 Å². The third kappa shape index (κ3) is 2.83. The zero-order chi connectivity index (χ0) is 15.5. The molecular formula is C16H20NO4+. The van der Waals surface area contributed by atoms with Crippen molar-refractivity contribution in [3.8, 4) is 0 Å². The van der Waals surface area contributed by atoms with Crippen LogP contribution in [0.4, 0.5) is 4.79 Å². The molecule has 0 bridgehead atoms. The van der Waals surface area contributed by atoms with Crippen LogP contribution < -0.4 is 0 Å². The molecular weight excluding hydrogens is 270 g/mol. The number of benzene rings is 1.